The first-order valence-electron chi connectivity index (χ1n) is 9.86. The maximum absolute atomic E-state index is 12.9. The number of hydrogen-bond acceptors (Lipinski definition) is 4. The molecule has 0 saturated heterocycles. The summed E-state index contributed by atoms with van der Waals surface area (Å²) in [5, 5.41) is 6.96. The standard InChI is InChI=1S/C20H29N3O2S/c1-11-18(26-13(3)22-11)12(2)23-17(24)10-21-19(25)20-7-14-4-15(8-20)6-16(5-14)9-20/h12,14-16H,4-10H2,1-3H3,(H,21,25)(H,23,24)/t12-,14?,15?,16?,20?/m0/s1. The molecule has 5 nitrogen and oxygen atoms in total. The molecule has 1 aromatic heterocycles. The molecule has 5 rings (SSSR count). The molecule has 0 aromatic carbocycles. The lowest BCUT2D eigenvalue weighted by Gasteiger charge is -2.55. The highest BCUT2D eigenvalue weighted by atomic mass is 32.1. The van der Waals surface area contributed by atoms with Gasteiger partial charge in [0.25, 0.3) is 0 Å². The van der Waals surface area contributed by atoms with Gasteiger partial charge in [0.15, 0.2) is 0 Å². The maximum atomic E-state index is 12.9. The van der Waals surface area contributed by atoms with Gasteiger partial charge in [0.05, 0.1) is 23.3 Å². The number of thiazole rings is 1. The van der Waals surface area contributed by atoms with E-state index in [2.05, 4.69) is 15.6 Å². The van der Waals surface area contributed by atoms with Crippen molar-refractivity contribution in [1.82, 2.24) is 15.6 Å². The average molecular weight is 376 g/mol. The number of hydrogen-bond donors (Lipinski definition) is 2. The lowest BCUT2D eigenvalue weighted by atomic mass is 9.49. The fraction of sp³-hybridized carbons (Fsp3) is 0.750. The van der Waals surface area contributed by atoms with Crippen LogP contribution in [0, 0.1) is 37.0 Å². The Morgan fingerprint density at radius 2 is 1.73 bits per heavy atom. The number of nitrogens with one attached hydrogen (secondary N) is 2. The number of aromatic nitrogens is 1. The topological polar surface area (TPSA) is 71.1 Å². The van der Waals surface area contributed by atoms with Crippen LogP contribution in [0.1, 0.15) is 67.1 Å². The Morgan fingerprint density at radius 3 is 2.23 bits per heavy atom. The van der Waals surface area contributed by atoms with Crippen LogP contribution in [0.5, 0.6) is 0 Å². The van der Waals surface area contributed by atoms with E-state index in [4.69, 9.17) is 0 Å². The molecule has 2 N–H and O–H groups in total. The van der Waals surface area contributed by atoms with Crippen molar-refractivity contribution < 1.29 is 9.59 Å². The molecule has 6 heteroatoms. The zero-order valence-electron chi connectivity index (χ0n) is 15.9. The van der Waals surface area contributed by atoms with Gasteiger partial charge in [-0.25, -0.2) is 4.98 Å². The van der Waals surface area contributed by atoms with Crippen LogP contribution in [0.15, 0.2) is 0 Å². The molecule has 4 aliphatic rings. The number of amides is 2. The maximum Gasteiger partial charge on any atom is 0.239 e. The number of nitrogens with zero attached hydrogens (tertiary/aromatic N) is 1. The third kappa shape index (κ3) is 3.28. The smallest absolute Gasteiger partial charge is 0.239 e. The largest absolute Gasteiger partial charge is 0.347 e. The van der Waals surface area contributed by atoms with Crippen molar-refractivity contribution in [2.45, 2.75) is 65.3 Å². The van der Waals surface area contributed by atoms with Crippen molar-refractivity contribution in [3.8, 4) is 0 Å². The average Bonchev–Trinajstić information content (AvgIpc) is 2.90. The summed E-state index contributed by atoms with van der Waals surface area (Å²) in [4.78, 5) is 30.8. The van der Waals surface area contributed by atoms with E-state index in [-0.39, 0.29) is 29.8 Å². The SMILES string of the molecule is Cc1nc(C)c([C@H](C)NC(=O)CNC(=O)C23CC4CC(CC(C4)C2)C3)s1. The second kappa shape index (κ2) is 6.63. The van der Waals surface area contributed by atoms with Crippen molar-refractivity contribution in [2.24, 2.45) is 23.2 Å². The normalized spacial score (nSPS) is 33.1. The van der Waals surface area contributed by atoms with Gasteiger partial charge in [0.1, 0.15) is 0 Å². The highest BCUT2D eigenvalue weighted by Crippen LogP contribution is 2.60. The summed E-state index contributed by atoms with van der Waals surface area (Å²) in [5.74, 6) is 2.19. The third-order valence-corrected chi connectivity index (χ3v) is 7.90. The van der Waals surface area contributed by atoms with Crippen LogP contribution in [-0.4, -0.2) is 23.3 Å². The van der Waals surface area contributed by atoms with Gasteiger partial charge in [-0.1, -0.05) is 0 Å². The first kappa shape index (κ1) is 18.0. The Labute approximate surface area is 159 Å². The molecule has 142 valence electrons. The van der Waals surface area contributed by atoms with Crippen molar-refractivity contribution >= 4 is 23.2 Å². The molecular weight excluding hydrogens is 346 g/mol. The number of carbonyl (C=O) groups excluding carboxylic acids is 2. The fourth-order valence-electron chi connectivity index (χ4n) is 6.04. The molecule has 4 fully saturated rings. The van der Waals surface area contributed by atoms with Gasteiger partial charge < -0.3 is 10.6 Å². The minimum Gasteiger partial charge on any atom is -0.347 e. The summed E-state index contributed by atoms with van der Waals surface area (Å²) < 4.78 is 0. The summed E-state index contributed by atoms with van der Waals surface area (Å²) >= 11 is 1.61. The van der Waals surface area contributed by atoms with Crippen molar-refractivity contribution in [2.75, 3.05) is 6.54 Å². The Bertz CT molecular complexity index is 691. The minimum atomic E-state index is -0.188. The molecule has 4 bridgehead atoms. The van der Waals surface area contributed by atoms with E-state index in [0.717, 1.165) is 52.6 Å². The second-order valence-corrected chi connectivity index (χ2v) is 10.1. The van der Waals surface area contributed by atoms with Gasteiger partial charge in [-0.2, -0.15) is 0 Å². The first-order chi connectivity index (χ1) is 12.3. The second-order valence-electron chi connectivity index (χ2n) is 8.85. The lowest BCUT2D eigenvalue weighted by molar-refractivity contribution is -0.147. The van der Waals surface area contributed by atoms with E-state index in [9.17, 15) is 9.59 Å². The van der Waals surface area contributed by atoms with Crippen molar-refractivity contribution in [3.63, 3.8) is 0 Å². The van der Waals surface area contributed by atoms with E-state index in [1.54, 1.807) is 11.3 Å². The Hall–Kier alpha value is -1.43. The van der Waals surface area contributed by atoms with E-state index < -0.39 is 0 Å². The van der Waals surface area contributed by atoms with E-state index in [0.29, 0.717) is 0 Å². The van der Waals surface area contributed by atoms with E-state index in [1.807, 2.05) is 20.8 Å². The Morgan fingerprint density at radius 1 is 1.15 bits per heavy atom. The highest BCUT2D eigenvalue weighted by molar-refractivity contribution is 7.11. The summed E-state index contributed by atoms with van der Waals surface area (Å²) in [7, 11) is 0. The minimum absolute atomic E-state index is 0.0712. The number of carbonyl (C=O) groups is 2. The van der Waals surface area contributed by atoms with Crippen LogP contribution in [0.25, 0.3) is 0 Å². The van der Waals surface area contributed by atoms with E-state index in [1.165, 1.54) is 19.3 Å². The van der Waals surface area contributed by atoms with Gasteiger partial charge in [0.2, 0.25) is 11.8 Å². The molecule has 2 amide bonds. The van der Waals surface area contributed by atoms with E-state index >= 15 is 0 Å². The highest BCUT2D eigenvalue weighted by Gasteiger charge is 2.54. The molecule has 4 aliphatic carbocycles. The molecule has 26 heavy (non-hydrogen) atoms. The zero-order valence-corrected chi connectivity index (χ0v) is 16.7. The molecule has 0 spiro atoms. The van der Waals surface area contributed by atoms with Crippen LogP contribution >= 0.6 is 11.3 Å². The Kier molecular flexibility index (Phi) is 4.58. The number of rotatable bonds is 5. The predicted molar refractivity (Wildman–Crippen MR) is 102 cm³/mol. The van der Waals surface area contributed by atoms with Crippen LogP contribution in [0.3, 0.4) is 0 Å². The summed E-state index contributed by atoms with van der Waals surface area (Å²) in [6, 6.07) is -0.0786. The molecule has 1 aromatic rings. The quantitative estimate of drug-likeness (QED) is 0.830. The van der Waals surface area contributed by atoms with Crippen LogP contribution in [-0.2, 0) is 9.59 Å². The summed E-state index contributed by atoms with van der Waals surface area (Å²) in [6.07, 6.45) is 7.04. The fourth-order valence-corrected chi connectivity index (χ4v) is 6.97. The van der Waals surface area contributed by atoms with Gasteiger partial charge in [-0.15, -0.1) is 11.3 Å². The van der Waals surface area contributed by atoms with Gasteiger partial charge in [0, 0.05) is 10.3 Å². The van der Waals surface area contributed by atoms with Gasteiger partial charge >= 0.3 is 0 Å². The molecule has 0 radical (unpaired) electrons. The molecular formula is C20H29N3O2S. The van der Waals surface area contributed by atoms with Crippen LogP contribution in [0.2, 0.25) is 0 Å². The van der Waals surface area contributed by atoms with Crippen LogP contribution < -0.4 is 10.6 Å². The van der Waals surface area contributed by atoms with Gasteiger partial charge in [-0.3, -0.25) is 9.59 Å². The molecule has 4 saturated carbocycles. The van der Waals surface area contributed by atoms with Gasteiger partial charge in [-0.05, 0) is 77.0 Å². The summed E-state index contributed by atoms with van der Waals surface area (Å²) in [5.41, 5.74) is 0.782. The lowest BCUT2D eigenvalue weighted by Crippen LogP contribution is -2.54. The van der Waals surface area contributed by atoms with Crippen LogP contribution in [0.4, 0.5) is 0 Å². The zero-order chi connectivity index (χ0) is 18.5. The molecule has 1 atom stereocenters. The summed E-state index contributed by atoms with van der Waals surface area (Å²) in [6.45, 7) is 5.98. The first-order valence-corrected chi connectivity index (χ1v) is 10.7. The third-order valence-electron chi connectivity index (χ3n) is 6.64. The monoisotopic (exact) mass is 375 g/mol. The van der Waals surface area contributed by atoms with Crippen molar-refractivity contribution in [1.29, 1.82) is 0 Å². The van der Waals surface area contributed by atoms with Crippen molar-refractivity contribution in [3.05, 3.63) is 15.6 Å². The molecule has 0 unspecified atom stereocenters. The molecule has 1 heterocycles. The number of aryl methyl sites for hydroxylation is 2. The predicted octanol–water partition coefficient (Wildman–Crippen LogP) is 3.27. The Balaban J connectivity index is 1.32. The molecule has 0 aliphatic heterocycles.